The van der Waals surface area contributed by atoms with Crippen LogP contribution in [0.15, 0.2) is 32.4 Å². The summed E-state index contributed by atoms with van der Waals surface area (Å²) in [5.74, 6) is 1.27. The number of fused-ring (bicyclic) bond motifs is 1. The number of nitrogens with one attached hydrogen (secondary N) is 3. The summed E-state index contributed by atoms with van der Waals surface area (Å²) in [6, 6.07) is 3.98. The fourth-order valence-electron chi connectivity index (χ4n) is 2.58. The van der Waals surface area contributed by atoms with Gasteiger partial charge in [-0.15, -0.1) is 0 Å². The highest BCUT2D eigenvalue weighted by Crippen LogP contribution is 2.13. The van der Waals surface area contributed by atoms with Gasteiger partial charge in [-0.1, -0.05) is 0 Å². The first-order valence-electron chi connectivity index (χ1n) is 7.03. The predicted molar refractivity (Wildman–Crippen MR) is 77.4 cm³/mol. The molecule has 3 heterocycles. The second-order valence-corrected chi connectivity index (χ2v) is 5.60. The number of hydrogen-bond acceptors (Lipinski definition) is 4. The fourth-order valence-corrected chi connectivity index (χ4v) is 2.58. The van der Waals surface area contributed by atoms with Gasteiger partial charge in [-0.05, 0) is 26.0 Å². The van der Waals surface area contributed by atoms with E-state index in [-0.39, 0.29) is 5.56 Å². The molecule has 0 saturated heterocycles. The molecule has 0 saturated carbocycles. The van der Waals surface area contributed by atoms with Gasteiger partial charge in [0.1, 0.15) is 23.7 Å². The Morgan fingerprint density at radius 3 is 2.90 bits per heavy atom. The number of hydrogen-bond donors (Lipinski definition) is 3. The number of H-pyrrole nitrogens is 1. The molecule has 112 valence electrons. The van der Waals surface area contributed by atoms with Crippen LogP contribution >= 0.6 is 0 Å². The molecule has 1 aliphatic rings. The van der Waals surface area contributed by atoms with E-state index in [0.717, 1.165) is 0 Å². The third-order valence-electron chi connectivity index (χ3n) is 3.89. The van der Waals surface area contributed by atoms with Crippen molar-refractivity contribution >= 4 is 5.82 Å². The van der Waals surface area contributed by atoms with Crippen LogP contribution in [0.4, 0.5) is 5.82 Å². The Morgan fingerprint density at radius 2 is 2.24 bits per heavy atom. The molecule has 2 aromatic heterocycles. The minimum Gasteiger partial charge on any atom is -0.467 e. The van der Waals surface area contributed by atoms with E-state index in [9.17, 15) is 9.59 Å². The molecule has 7 heteroatoms. The van der Waals surface area contributed by atoms with Gasteiger partial charge >= 0.3 is 5.69 Å². The van der Waals surface area contributed by atoms with Crippen LogP contribution in [0.25, 0.3) is 0 Å². The van der Waals surface area contributed by atoms with E-state index in [0.29, 0.717) is 42.9 Å². The summed E-state index contributed by atoms with van der Waals surface area (Å²) in [6.45, 7) is 5.80. The normalized spacial score (nSPS) is 17.6. The summed E-state index contributed by atoms with van der Waals surface area (Å²) >= 11 is 0. The Kier molecular flexibility index (Phi) is 3.42. The topological polar surface area (TPSA) is 84.5 Å². The SMILES string of the molecule is CC(C)[NH+]1CNc2c(c(=O)[nH]c(=O)n2Cc2ccco2)C1. The number of aromatic nitrogens is 2. The van der Waals surface area contributed by atoms with Crippen LogP contribution in [0.3, 0.4) is 0 Å². The van der Waals surface area contributed by atoms with Gasteiger partial charge in [-0.3, -0.25) is 14.3 Å². The van der Waals surface area contributed by atoms with E-state index in [4.69, 9.17) is 4.42 Å². The maximum absolute atomic E-state index is 12.1. The maximum atomic E-state index is 12.1. The smallest absolute Gasteiger partial charge is 0.330 e. The predicted octanol–water partition coefficient (Wildman–Crippen LogP) is -0.646. The molecule has 1 atom stereocenters. The molecule has 3 rings (SSSR count). The Balaban J connectivity index is 2.04. The molecule has 21 heavy (non-hydrogen) atoms. The van der Waals surface area contributed by atoms with E-state index in [2.05, 4.69) is 24.1 Å². The van der Waals surface area contributed by atoms with Crippen molar-refractivity contribution in [2.75, 3.05) is 12.0 Å². The summed E-state index contributed by atoms with van der Waals surface area (Å²) < 4.78 is 6.81. The largest absolute Gasteiger partial charge is 0.467 e. The van der Waals surface area contributed by atoms with Crippen molar-refractivity contribution in [2.24, 2.45) is 0 Å². The van der Waals surface area contributed by atoms with E-state index in [1.165, 1.54) is 9.47 Å². The first-order chi connectivity index (χ1) is 10.1. The average Bonchev–Trinajstić information content (AvgIpc) is 2.96. The van der Waals surface area contributed by atoms with Gasteiger partial charge in [-0.2, -0.15) is 0 Å². The van der Waals surface area contributed by atoms with Crippen molar-refractivity contribution in [2.45, 2.75) is 33.0 Å². The minimum absolute atomic E-state index is 0.301. The average molecular weight is 291 g/mol. The lowest BCUT2D eigenvalue weighted by atomic mass is 10.2. The highest BCUT2D eigenvalue weighted by Gasteiger charge is 2.27. The van der Waals surface area contributed by atoms with Crippen LogP contribution in [-0.4, -0.2) is 22.3 Å². The molecule has 0 fully saturated rings. The highest BCUT2D eigenvalue weighted by atomic mass is 16.3. The summed E-state index contributed by atoms with van der Waals surface area (Å²) in [7, 11) is 0. The van der Waals surface area contributed by atoms with Crippen molar-refractivity contribution in [1.82, 2.24) is 9.55 Å². The first kappa shape index (κ1) is 13.7. The zero-order valence-corrected chi connectivity index (χ0v) is 12.1. The van der Waals surface area contributed by atoms with Gasteiger partial charge in [0.2, 0.25) is 0 Å². The van der Waals surface area contributed by atoms with Crippen molar-refractivity contribution in [3.8, 4) is 0 Å². The molecule has 7 nitrogen and oxygen atoms in total. The number of anilines is 1. The molecule has 0 bridgehead atoms. The van der Waals surface area contributed by atoms with Gasteiger partial charge < -0.3 is 14.6 Å². The molecule has 0 aromatic carbocycles. The van der Waals surface area contributed by atoms with Crippen LogP contribution in [0.1, 0.15) is 25.2 Å². The molecule has 0 radical (unpaired) electrons. The quantitative estimate of drug-likeness (QED) is 0.702. The van der Waals surface area contributed by atoms with Gasteiger partial charge in [0, 0.05) is 0 Å². The lowest BCUT2D eigenvalue weighted by molar-refractivity contribution is -0.933. The molecule has 1 aliphatic heterocycles. The lowest BCUT2D eigenvalue weighted by Gasteiger charge is -2.30. The van der Waals surface area contributed by atoms with Crippen molar-refractivity contribution in [3.63, 3.8) is 0 Å². The monoisotopic (exact) mass is 291 g/mol. The number of rotatable bonds is 3. The summed E-state index contributed by atoms with van der Waals surface area (Å²) in [4.78, 5) is 27.8. The van der Waals surface area contributed by atoms with Crippen molar-refractivity contribution < 1.29 is 9.32 Å². The zero-order chi connectivity index (χ0) is 15.0. The maximum Gasteiger partial charge on any atom is 0.330 e. The van der Waals surface area contributed by atoms with Gasteiger partial charge in [0.25, 0.3) is 5.56 Å². The third-order valence-corrected chi connectivity index (χ3v) is 3.89. The number of aromatic amines is 1. The van der Waals surface area contributed by atoms with E-state index >= 15 is 0 Å². The zero-order valence-electron chi connectivity index (χ0n) is 12.1. The van der Waals surface area contributed by atoms with E-state index < -0.39 is 5.69 Å². The Hall–Kier alpha value is -2.28. The summed E-state index contributed by atoms with van der Waals surface area (Å²) in [6.07, 6.45) is 1.57. The van der Waals surface area contributed by atoms with Crippen LogP contribution < -0.4 is 21.5 Å². The van der Waals surface area contributed by atoms with Crippen molar-refractivity contribution in [1.29, 1.82) is 0 Å². The second kappa shape index (κ2) is 5.25. The second-order valence-electron chi connectivity index (χ2n) is 5.60. The van der Waals surface area contributed by atoms with Gasteiger partial charge in [0.15, 0.2) is 6.67 Å². The minimum atomic E-state index is -0.421. The molecule has 1 unspecified atom stereocenters. The first-order valence-corrected chi connectivity index (χ1v) is 7.03. The third kappa shape index (κ3) is 2.52. The van der Waals surface area contributed by atoms with Crippen LogP contribution in [0.5, 0.6) is 0 Å². The highest BCUT2D eigenvalue weighted by molar-refractivity contribution is 5.44. The molecule has 2 aromatic rings. The van der Waals surface area contributed by atoms with E-state index in [1.807, 2.05) is 0 Å². The summed E-state index contributed by atoms with van der Waals surface area (Å²) in [5, 5.41) is 3.22. The molecular formula is C14H19N4O3+. The summed E-state index contributed by atoms with van der Waals surface area (Å²) in [5.41, 5.74) is -0.109. The van der Waals surface area contributed by atoms with Crippen LogP contribution in [-0.2, 0) is 13.1 Å². The standard InChI is InChI=1S/C14H18N4O3/c1-9(2)17-7-11-12(15-8-17)18(14(20)16-13(11)19)6-10-4-3-5-21-10/h3-5,9,15H,6-8H2,1-2H3,(H,16,19,20)/p+1. The Morgan fingerprint density at radius 1 is 1.43 bits per heavy atom. The molecule has 0 aliphatic carbocycles. The molecule has 0 spiro atoms. The number of nitrogens with zero attached hydrogens (tertiary/aromatic N) is 1. The van der Waals surface area contributed by atoms with Gasteiger partial charge in [-0.25, -0.2) is 4.79 Å². The van der Waals surface area contributed by atoms with Crippen LogP contribution in [0, 0.1) is 0 Å². The Labute approximate surface area is 121 Å². The van der Waals surface area contributed by atoms with Crippen molar-refractivity contribution in [3.05, 3.63) is 50.6 Å². The molecule has 3 N–H and O–H groups in total. The number of quaternary nitrogens is 1. The van der Waals surface area contributed by atoms with Crippen LogP contribution in [0.2, 0.25) is 0 Å². The lowest BCUT2D eigenvalue weighted by Crippen LogP contribution is -3.15. The number of furan rings is 1. The van der Waals surface area contributed by atoms with E-state index in [1.54, 1.807) is 18.4 Å². The fraction of sp³-hybridized carbons (Fsp3) is 0.429. The molecular weight excluding hydrogens is 272 g/mol. The van der Waals surface area contributed by atoms with Gasteiger partial charge in [0.05, 0.1) is 18.8 Å². The Bertz CT molecular complexity index is 743. The molecule has 0 amide bonds.